The molecule has 0 aromatic carbocycles. The van der Waals surface area contributed by atoms with Gasteiger partial charge in [-0.2, -0.15) is 0 Å². The van der Waals surface area contributed by atoms with E-state index in [4.69, 9.17) is 19.7 Å². The first-order valence-corrected chi connectivity index (χ1v) is 18.7. The fourth-order valence-electron chi connectivity index (χ4n) is 4.79. The number of carbonyl (C=O) groups excluding carboxylic acids is 5. The summed E-state index contributed by atoms with van der Waals surface area (Å²) < 4.78 is 20.2. The van der Waals surface area contributed by atoms with Gasteiger partial charge in [0.1, 0.15) is 23.1 Å². The van der Waals surface area contributed by atoms with Crippen molar-refractivity contribution in [1.82, 2.24) is 38.5 Å². The van der Waals surface area contributed by atoms with Crippen LogP contribution >= 0.6 is 0 Å². The van der Waals surface area contributed by atoms with Crippen LogP contribution in [0.1, 0.15) is 104 Å². The van der Waals surface area contributed by atoms with Crippen LogP contribution in [0.15, 0.2) is 30.9 Å². The van der Waals surface area contributed by atoms with E-state index in [2.05, 4.69) is 41.0 Å². The third-order valence-electron chi connectivity index (χ3n) is 7.28. The Balaban J connectivity index is 0.000000339. The summed E-state index contributed by atoms with van der Waals surface area (Å²) in [6, 6.07) is 1.47. The van der Waals surface area contributed by atoms with E-state index in [-0.39, 0.29) is 59.6 Å². The van der Waals surface area contributed by atoms with E-state index in [1.165, 1.54) is 57.9 Å². The Morgan fingerprint density at radius 3 is 1.68 bits per heavy atom. The Labute approximate surface area is 360 Å². The molecule has 0 saturated carbocycles. The van der Waals surface area contributed by atoms with Gasteiger partial charge in [0.2, 0.25) is 17.6 Å². The Kier molecular flexibility index (Phi) is 18.1. The lowest BCUT2D eigenvalue weighted by Crippen LogP contribution is -2.33. The fourth-order valence-corrected chi connectivity index (χ4v) is 4.79. The highest BCUT2D eigenvalue weighted by Gasteiger charge is 2.24. The van der Waals surface area contributed by atoms with E-state index in [0.29, 0.717) is 18.7 Å². The predicted molar refractivity (Wildman–Crippen MR) is 221 cm³/mol. The quantitative estimate of drug-likeness (QED) is 0.0364. The van der Waals surface area contributed by atoms with Gasteiger partial charge >= 0.3 is 41.7 Å². The molecule has 0 aliphatic rings. The van der Waals surface area contributed by atoms with Crippen molar-refractivity contribution in [1.29, 1.82) is 0 Å². The van der Waals surface area contributed by atoms with Gasteiger partial charge in [-0.25, -0.2) is 33.9 Å². The summed E-state index contributed by atoms with van der Waals surface area (Å²) in [5.74, 6) is -4.35. The molecule has 4 amide bonds. The first-order chi connectivity index (χ1) is 29.1. The molecule has 0 atom stereocenters. The second kappa shape index (κ2) is 22.2. The topological polar surface area (TPSA) is 337 Å². The largest absolute Gasteiger partial charge is 0.475 e. The SMILES string of the molecule is CCOC(=O)c1nc([N+](=O)[O-])cn1C.Cn1cc(NC(=O)CCCNC(=O)OC(C)(C)C)nc1C(=O)O.Cn1cc(NC(=O)OC(C)(C)C)cc1C(=O)Nc1cn(C)c(C(=O)O)n1. The summed E-state index contributed by atoms with van der Waals surface area (Å²) >= 11 is 0. The van der Waals surface area contributed by atoms with Crippen LogP contribution in [-0.4, -0.2) is 115 Å². The molecule has 0 unspecified atom stereocenters. The minimum Gasteiger partial charge on any atom is -0.475 e. The molecular weight excluding hydrogens is 836 g/mol. The third-order valence-corrected chi connectivity index (χ3v) is 7.28. The number of anilines is 3. The number of rotatable bonds is 13. The Morgan fingerprint density at radius 2 is 1.22 bits per heavy atom. The number of aromatic nitrogens is 7. The number of carboxylic acids is 2. The van der Waals surface area contributed by atoms with Gasteiger partial charge in [0.15, 0.2) is 11.6 Å². The Morgan fingerprint density at radius 1 is 0.714 bits per heavy atom. The summed E-state index contributed by atoms with van der Waals surface area (Å²) in [7, 11) is 6.16. The van der Waals surface area contributed by atoms with Crippen molar-refractivity contribution in [3.8, 4) is 0 Å². The lowest BCUT2D eigenvalue weighted by Gasteiger charge is -2.19. The molecule has 0 saturated heterocycles. The standard InChI is InChI=1S/C16H21N5O5.C14H22N4O5.C7H9N3O4/c1-16(2,3)26-15(25)17-9-6-10(20(4)7-9)13(22)19-11-8-21(5)12(18-11)14(23)24;1-14(2,3)23-13(22)15-7-5-6-10(19)16-9-8-18(4)11(17-9)12(20)21;1-3-14-7(11)6-8-5(10(12)13)4-9(6)2/h6-8H,1-5H3,(H,17,25)(H,19,22)(H,23,24);8H,5-7H2,1-4H3,(H,15,22)(H,16,19)(H,20,21);4H,3H2,1-2H3. The maximum Gasteiger partial charge on any atom is 0.412 e. The van der Waals surface area contributed by atoms with Crippen LogP contribution in [0, 0.1) is 10.1 Å². The normalized spacial score (nSPS) is 10.8. The van der Waals surface area contributed by atoms with Gasteiger partial charge in [0.25, 0.3) is 5.91 Å². The molecule has 0 bridgehead atoms. The van der Waals surface area contributed by atoms with Crippen LogP contribution in [-0.2, 0) is 47.2 Å². The molecule has 4 rings (SSSR count). The average Bonchev–Trinajstić information content (AvgIpc) is 3.90. The number of carboxylic acid groups (broad SMARTS) is 2. The summed E-state index contributed by atoms with van der Waals surface area (Å²) in [5, 5.41) is 38.3. The molecule has 0 radical (unpaired) electrons. The Bertz CT molecular complexity index is 2310. The number of imidazole rings is 3. The number of aromatic carboxylic acids is 2. The van der Waals surface area contributed by atoms with Gasteiger partial charge in [0, 0.05) is 59.7 Å². The predicted octanol–water partition coefficient (Wildman–Crippen LogP) is 3.92. The number of carbonyl (C=O) groups is 7. The molecule has 4 heterocycles. The molecule has 26 nitrogen and oxygen atoms in total. The number of hydrogen-bond acceptors (Lipinski definition) is 15. The zero-order valence-electron chi connectivity index (χ0n) is 36.6. The van der Waals surface area contributed by atoms with Crippen molar-refractivity contribution >= 4 is 65.0 Å². The summed E-state index contributed by atoms with van der Waals surface area (Å²) in [6.07, 6.45) is 4.94. The molecular formula is C37H52N12O14. The first kappa shape index (κ1) is 51.3. The molecule has 6 N–H and O–H groups in total. The van der Waals surface area contributed by atoms with Crippen molar-refractivity contribution < 1.29 is 62.9 Å². The average molecular weight is 889 g/mol. The van der Waals surface area contributed by atoms with Gasteiger partial charge in [-0.3, -0.25) is 14.9 Å². The second-order valence-corrected chi connectivity index (χ2v) is 15.1. The van der Waals surface area contributed by atoms with Gasteiger partial charge in [-0.05, 0) is 70.9 Å². The number of esters is 1. The summed E-state index contributed by atoms with van der Waals surface area (Å²) in [5.41, 5.74) is -0.569. The third kappa shape index (κ3) is 17.4. The van der Waals surface area contributed by atoms with Crippen LogP contribution in [0.4, 0.5) is 32.7 Å². The highest BCUT2D eigenvalue weighted by Crippen LogP contribution is 2.17. The number of nitro groups is 1. The molecule has 0 aliphatic heterocycles. The second-order valence-electron chi connectivity index (χ2n) is 15.1. The number of alkyl carbamates (subject to hydrolysis) is 1. The van der Waals surface area contributed by atoms with Crippen molar-refractivity contribution in [3.05, 3.63) is 64.1 Å². The van der Waals surface area contributed by atoms with E-state index in [1.807, 2.05) is 0 Å². The molecule has 4 aromatic heterocycles. The van der Waals surface area contributed by atoms with Gasteiger partial charge in [-0.15, -0.1) is 0 Å². The summed E-state index contributed by atoms with van der Waals surface area (Å²) in [6.45, 7) is 12.7. The molecule has 63 heavy (non-hydrogen) atoms. The van der Waals surface area contributed by atoms with Gasteiger partial charge in [0.05, 0.1) is 12.3 Å². The Hall–Kier alpha value is -7.80. The van der Waals surface area contributed by atoms with E-state index >= 15 is 0 Å². The van der Waals surface area contributed by atoms with Crippen molar-refractivity contribution in [2.24, 2.45) is 28.2 Å². The van der Waals surface area contributed by atoms with Gasteiger partial charge in [-0.1, -0.05) is 0 Å². The minimum absolute atomic E-state index is 0.0708. The lowest BCUT2D eigenvalue weighted by molar-refractivity contribution is -0.389. The smallest absolute Gasteiger partial charge is 0.412 e. The molecule has 0 spiro atoms. The maximum atomic E-state index is 12.4. The van der Waals surface area contributed by atoms with Crippen LogP contribution < -0.4 is 21.3 Å². The number of hydrogen-bond donors (Lipinski definition) is 6. The fraction of sp³-hybridized carbons (Fsp3) is 0.459. The van der Waals surface area contributed by atoms with Crippen LogP contribution in [0.25, 0.3) is 0 Å². The number of ether oxygens (including phenoxy) is 3. The number of amides is 4. The van der Waals surface area contributed by atoms with E-state index in [0.717, 1.165) is 6.20 Å². The number of aryl methyl sites for hydroxylation is 4. The zero-order valence-corrected chi connectivity index (χ0v) is 36.6. The monoisotopic (exact) mass is 888 g/mol. The number of nitrogens with zero attached hydrogens (tertiary/aromatic N) is 8. The first-order valence-electron chi connectivity index (χ1n) is 18.7. The van der Waals surface area contributed by atoms with E-state index in [1.54, 1.807) is 61.7 Å². The molecule has 0 fully saturated rings. The van der Waals surface area contributed by atoms with Crippen LogP contribution in [0.3, 0.4) is 0 Å². The van der Waals surface area contributed by atoms with Crippen LogP contribution in [0.5, 0.6) is 0 Å². The van der Waals surface area contributed by atoms with Gasteiger partial charge < -0.3 is 68.8 Å². The highest BCUT2D eigenvalue weighted by molar-refractivity contribution is 6.04. The summed E-state index contributed by atoms with van der Waals surface area (Å²) in [4.78, 5) is 101. The molecule has 4 aromatic rings. The zero-order chi connectivity index (χ0) is 48.0. The minimum atomic E-state index is -1.20. The highest BCUT2D eigenvalue weighted by atomic mass is 16.6. The molecule has 344 valence electrons. The lowest BCUT2D eigenvalue weighted by atomic mass is 10.2. The molecule has 0 aliphatic carbocycles. The van der Waals surface area contributed by atoms with E-state index in [9.17, 15) is 43.7 Å². The van der Waals surface area contributed by atoms with Crippen LogP contribution in [0.2, 0.25) is 0 Å². The van der Waals surface area contributed by atoms with Crippen molar-refractivity contribution in [2.45, 2.75) is 72.5 Å². The van der Waals surface area contributed by atoms with Crippen molar-refractivity contribution in [2.75, 3.05) is 29.1 Å². The number of nitrogens with one attached hydrogen (secondary N) is 4. The molecule has 26 heteroatoms. The maximum absolute atomic E-state index is 12.4. The van der Waals surface area contributed by atoms with Crippen molar-refractivity contribution in [3.63, 3.8) is 0 Å². The van der Waals surface area contributed by atoms with E-state index < -0.39 is 52.1 Å².